The number of carboxylic acid groups (broad SMARTS) is 1. The van der Waals surface area contributed by atoms with Crippen molar-refractivity contribution in [3.63, 3.8) is 0 Å². The van der Waals surface area contributed by atoms with E-state index in [4.69, 9.17) is 24.4 Å². The van der Waals surface area contributed by atoms with Gasteiger partial charge in [-0.1, -0.05) is 30.3 Å². The van der Waals surface area contributed by atoms with Crippen molar-refractivity contribution in [2.75, 3.05) is 0 Å². The molecule has 0 bridgehead atoms. The first kappa shape index (κ1) is 18.7. The maximum Gasteiger partial charge on any atom is 0.466 e. The van der Waals surface area contributed by atoms with Crippen LogP contribution in [-0.2, 0) is 15.9 Å². The first-order chi connectivity index (χ1) is 9.11. The maximum absolute atomic E-state index is 10.7. The summed E-state index contributed by atoms with van der Waals surface area (Å²) in [7, 11) is -4.64. The van der Waals surface area contributed by atoms with E-state index in [0.717, 1.165) is 5.56 Å². The molecular weight excluding hydrogens is 289 g/mol. The third-order valence-electron chi connectivity index (χ3n) is 2.12. The van der Waals surface area contributed by atoms with E-state index in [2.05, 4.69) is 5.32 Å². The van der Waals surface area contributed by atoms with Gasteiger partial charge in [0.25, 0.3) is 0 Å². The summed E-state index contributed by atoms with van der Waals surface area (Å²) in [6.45, 7) is 1.89. The first-order valence-corrected chi connectivity index (χ1v) is 7.14. The Balaban J connectivity index is 0.000000621. The Labute approximate surface area is 115 Å². The Kier molecular flexibility index (Phi) is 8.24. The molecule has 1 rings (SSSR count). The van der Waals surface area contributed by atoms with Crippen LogP contribution < -0.4 is 5.32 Å². The van der Waals surface area contributed by atoms with E-state index < -0.39 is 25.9 Å². The predicted octanol–water partition coefficient (Wildman–Crippen LogP) is -0.318. The lowest BCUT2D eigenvalue weighted by Crippen LogP contribution is -2.44. The molecule has 114 valence electrons. The number of rotatable bonds is 5. The number of carboxylic acids is 1. The van der Waals surface area contributed by atoms with Crippen LogP contribution in [0.5, 0.6) is 0 Å². The van der Waals surface area contributed by atoms with Crippen molar-refractivity contribution in [1.82, 2.24) is 5.32 Å². The molecule has 0 aromatic heterocycles. The number of phosphoric acid groups is 1. The second kappa shape index (κ2) is 8.80. The average molecular weight is 307 g/mol. The van der Waals surface area contributed by atoms with Gasteiger partial charge < -0.3 is 24.9 Å². The zero-order valence-electron chi connectivity index (χ0n) is 10.7. The highest BCUT2D eigenvalue weighted by Crippen LogP contribution is 2.25. The Morgan fingerprint density at radius 2 is 1.70 bits per heavy atom. The van der Waals surface area contributed by atoms with E-state index in [-0.39, 0.29) is 0 Å². The molecular formula is C11H18NO7P. The monoisotopic (exact) mass is 307 g/mol. The van der Waals surface area contributed by atoms with Gasteiger partial charge in [0, 0.05) is 6.54 Å². The third-order valence-corrected chi connectivity index (χ3v) is 2.12. The number of aliphatic hydroxyl groups is 1. The van der Waals surface area contributed by atoms with Crippen molar-refractivity contribution in [2.24, 2.45) is 0 Å². The van der Waals surface area contributed by atoms with Crippen LogP contribution in [0.15, 0.2) is 30.3 Å². The highest BCUT2D eigenvalue weighted by Gasteiger charge is 2.21. The second-order valence-corrected chi connectivity index (χ2v) is 4.96. The van der Waals surface area contributed by atoms with Crippen molar-refractivity contribution in [3.05, 3.63) is 35.9 Å². The number of benzene rings is 1. The molecule has 6 N–H and O–H groups in total. The fourth-order valence-corrected chi connectivity index (χ4v) is 1.29. The highest BCUT2D eigenvalue weighted by molar-refractivity contribution is 7.45. The van der Waals surface area contributed by atoms with E-state index in [1.54, 1.807) is 0 Å². The van der Waals surface area contributed by atoms with Crippen LogP contribution in [0.2, 0.25) is 0 Å². The van der Waals surface area contributed by atoms with Gasteiger partial charge in [-0.2, -0.15) is 0 Å². The average Bonchev–Trinajstić information content (AvgIpc) is 2.27. The SMILES string of the molecule is CC(O)C(NCc1ccccc1)C(=O)O.O=P(O)(O)O. The molecule has 2 atom stereocenters. The summed E-state index contributed by atoms with van der Waals surface area (Å²) in [5.41, 5.74) is 0.990. The van der Waals surface area contributed by atoms with Crippen molar-refractivity contribution in [2.45, 2.75) is 25.6 Å². The number of hydrogen-bond donors (Lipinski definition) is 6. The Morgan fingerprint density at radius 3 is 2.05 bits per heavy atom. The third kappa shape index (κ3) is 10.6. The first-order valence-electron chi connectivity index (χ1n) is 5.57. The quantitative estimate of drug-likeness (QED) is 0.406. The largest absolute Gasteiger partial charge is 0.480 e. The molecule has 0 saturated carbocycles. The summed E-state index contributed by atoms with van der Waals surface area (Å²) in [5, 5.41) is 20.8. The molecule has 1 aromatic carbocycles. The van der Waals surface area contributed by atoms with Gasteiger partial charge in [-0.15, -0.1) is 0 Å². The lowest BCUT2D eigenvalue weighted by atomic mass is 10.1. The molecule has 0 amide bonds. The molecule has 0 heterocycles. The predicted molar refractivity (Wildman–Crippen MR) is 70.6 cm³/mol. The molecule has 0 radical (unpaired) electrons. The van der Waals surface area contributed by atoms with Crippen LogP contribution in [0, 0.1) is 0 Å². The molecule has 0 spiro atoms. The van der Waals surface area contributed by atoms with Gasteiger partial charge in [-0.25, -0.2) is 4.57 Å². The van der Waals surface area contributed by atoms with Gasteiger partial charge >= 0.3 is 13.8 Å². The lowest BCUT2D eigenvalue weighted by molar-refractivity contribution is -0.142. The second-order valence-electron chi connectivity index (χ2n) is 3.94. The minimum Gasteiger partial charge on any atom is -0.480 e. The van der Waals surface area contributed by atoms with Gasteiger partial charge in [-0.3, -0.25) is 10.1 Å². The van der Waals surface area contributed by atoms with Crippen molar-refractivity contribution >= 4 is 13.8 Å². The molecule has 0 fully saturated rings. The van der Waals surface area contributed by atoms with Gasteiger partial charge in [0.1, 0.15) is 6.04 Å². The van der Waals surface area contributed by atoms with Gasteiger partial charge in [0.15, 0.2) is 0 Å². The Morgan fingerprint density at radius 1 is 1.25 bits per heavy atom. The van der Waals surface area contributed by atoms with Crippen molar-refractivity contribution in [1.29, 1.82) is 0 Å². The van der Waals surface area contributed by atoms with Crippen LogP contribution in [0.3, 0.4) is 0 Å². The fourth-order valence-electron chi connectivity index (χ4n) is 1.29. The zero-order chi connectivity index (χ0) is 15.8. The summed E-state index contributed by atoms with van der Waals surface area (Å²) >= 11 is 0. The molecule has 1 aromatic rings. The highest BCUT2D eigenvalue weighted by atomic mass is 31.2. The fraction of sp³-hybridized carbons (Fsp3) is 0.364. The Bertz CT molecular complexity index is 437. The van der Waals surface area contributed by atoms with Crippen LogP contribution in [0.1, 0.15) is 12.5 Å². The van der Waals surface area contributed by atoms with E-state index in [1.165, 1.54) is 6.92 Å². The van der Waals surface area contributed by atoms with Gasteiger partial charge in [-0.05, 0) is 12.5 Å². The zero-order valence-corrected chi connectivity index (χ0v) is 11.6. The lowest BCUT2D eigenvalue weighted by Gasteiger charge is -2.16. The maximum atomic E-state index is 10.7. The van der Waals surface area contributed by atoms with Gasteiger partial charge in [0.2, 0.25) is 0 Å². The summed E-state index contributed by atoms with van der Waals surface area (Å²) in [6.07, 6.45) is -0.911. The number of aliphatic carboxylic acids is 1. The summed E-state index contributed by atoms with van der Waals surface area (Å²) in [4.78, 5) is 32.3. The minimum absolute atomic E-state index is 0.433. The summed E-state index contributed by atoms with van der Waals surface area (Å²) in [5.74, 6) is -1.04. The molecule has 9 heteroatoms. The molecule has 0 aliphatic carbocycles. The molecule has 20 heavy (non-hydrogen) atoms. The molecule has 0 saturated heterocycles. The van der Waals surface area contributed by atoms with Crippen LogP contribution in [-0.4, -0.2) is 43.0 Å². The topological polar surface area (TPSA) is 147 Å². The van der Waals surface area contributed by atoms with E-state index in [1.807, 2.05) is 30.3 Å². The summed E-state index contributed by atoms with van der Waals surface area (Å²) < 4.78 is 8.88. The van der Waals surface area contributed by atoms with E-state index in [9.17, 15) is 9.90 Å². The Hall–Kier alpha value is -1.28. The molecule has 0 aliphatic rings. The van der Waals surface area contributed by atoms with Crippen molar-refractivity contribution < 1.29 is 34.3 Å². The number of nitrogens with one attached hydrogen (secondary N) is 1. The van der Waals surface area contributed by atoms with E-state index in [0.29, 0.717) is 6.54 Å². The van der Waals surface area contributed by atoms with E-state index >= 15 is 0 Å². The molecule has 0 aliphatic heterocycles. The number of hydrogen-bond acceptors (Lipinski definition) is 4. The minimum atomic E-state index is -4.64. The standard InChI is InChI=1S/C11H15NO3.H3O4P/c1-8(13)10(11(14)15)12-7-9-5-3-2-4-6-9;1-5(2,3)4/h2-6,8,10,12-13H,7H2,1H3,(H,14,15);(H3,1,2,3,4). The van der Waals surface area contributed by atoms with Crippen molar-refractivity contribution in [3.8, 4) is 0 Å². The van der Waals surface area contributed by atoms with Crippen LogP contribution in [0.25, 0.3) is 0 Å². The molecule has 2 unspecified atom stereocenters. The number of carbonyl (C=O) groups is 1. The van der Waals surface area contributed by atoms with Crippen LogP contribution >= 0.6 is 7.82 Å². The summed E-state index contributed by atoms with van der Waals surface area (Å²) in [6, 6.07) is 8.53. The number of aliphatic hydroxyl groups excluding tert-OH is 1. The smallest absolute Gasteiger partial charge is 0.466 e. The molecule has 8 nitrogen and oxygen atoms in total. The normalized spacial score (nSPS) is 13.8. The van der Waals surface area contributed by atoms with Gasteiger partial charge in [0.05, 0.1) is 6.10 Å². The van der Waals surface area contributed by atoms with Crippen LogP contribution in [0.4, 0.5) is 0 Å².